The van der Waals surface area contributed by atoms with Gasteiger partial charge in [-0.15, -0.1) is 0 Å². The second-order valence-electron chi connectivity index (χ2n) is 5.61. The van der Waals surface area contributed by atoms with E-state index in [4.69, 9.17) is 9.84 Å². The van der Waals surface area contributed by atoms with Gasteiger partial charge in [0, 0.05) is 0 Å². The van der Waals surface area contributed by atoms with E-state index in [-0.39, 0.29) is 0 Å². The summed E-state index contributed by atoms with van der Waals surface area (Å²) in [7, 11) is 0. The van der Waals surface area contributed by atoms with E-state index >= 15 is 0 Å². The molecule has 0 unspecified atom stereocenters. The summed E-state index contributed by atoms with van der Waals surface area (Å²) in [6, 6.07) is 0. The summed E-state index contributed by atoms with van der Waals surface area (Å²) in [6.07, 6.45) is 19.6. The number of hydrogen-bond donors (Lipinski definition) is 1. The summed E-state index contributed by atoms with van der Waals surface area (Å²) in [4.78, 5) is 10.7. The average molecular weight is 298 g/mol. The fraction of sp³-hybridized carbons (Fsp3) is 0.833. The largest absolute Gasteiger partial charge is 0.464 e. The third-order valence-corrected chi connectivity index (χ3v) is 3.55. The van der Waals surface area contributed by atoms with Crippen molar-refractivity contribution in [3.8, 4) is 0 Å². The SMILES string of the molecule is CCCCCC/C=C\CCCCCCCCOC(=O)CO. The minimum Gasteiger partial charge on any atom is -0.464 e. The first-order valence-electron chi connectivity index (χ1n) is 8.72. The first-order valence-corrected chi connectivity index (χ1v) is 8.72. The number of unbranched alkanes of at least 4 members (excludes halogenated alkanes) is 10. The molecule has 0 rings (SSSR count). The van der Waals surface area contributed by atoms with Crippen LogP contribution in [0.15, 0.2) is 12.2 Å². The Labute approximate surface area is 130 Å². The molecule has 0 bridgehead atoms. The molecule has 0 fully saturated rings. The van der Waals surface area contributed by atoms with Gasteiger partial charge in [0.05, 0.1) is 6.61 Å². The molecule has 0 aromatic heterocycles. The number of carbonyl (C=O) groups is 1. The molecule has 0 spiro atoms. The summed E-state index contributed by atoms with van der Waals surface area (Å²) < 4.78 is 4.80. The number of aliphatic hydroxyl groups is 1. The van der Waals surface area contributed by atoms with Crippen molar-refractivity contribution in [2.45, 2.75) is 84.0 Å². The maximum atomic E-state index is 10.7. The molecule has 0 aromatic rings. The van der Waals surface area contributed by atoms with E-state index in [1.54, 1.807) is 0 Å². The zero-order chi connectivity index (χ0) is 15.6. The second-order valence-corrected chi connectivity index (χ2v) is 5.61. The van der Waals surface area contributed by atoms with Gasteiger partial charge in [0.25, 0.3) is 0 Å². The molecule has 0 amide bonds. The second kappa shape index (κ2) is 17.2. The monoisotopic (exact) mass is 298 g/mol. The van der Waals surface area contributed by atoms with E-state index in [0.29, 0.717) is 6.61 Å². The molecule has 0 aromatic carbocycles. The molecule has 3 heteroatoms. The van der Waals surface area contributed by atoms with E-state index in [0.717, 1.165) is 12.8 Å². The Bertz CT molecular complexity index is 249. The zero-order valence-corrected chi connectivity index (χ0v) is 13.8. The maximum Gasteiger partial charge on any atom is 0.331 e. The maximum absolute atomic E-state index is 10.7. The van der Waals surface area contributed by atoms with Crippen molar-refractivity contribution in [2.24, 2.45) is 0 Å². The van der Waals surface area contributed by atoms with Crippen LogP contribution in [0.25, 0.3) is 0 Å². The quantitative estimate of drug-likeness (QED) is 0.269. The highest BCUT2D eigenvalue weighted by Gasteiger charge is 1.98. The van der Waals surface area contributed by atoms with Crippen LogP contribution in [0, 0.1) is 0 Å². The van der Waals surface area contributed by atoms with E-state index in [9.17, 15) is 4.79 Å². The highest BCUT2D eigenvalue weighted by molar-refractivity contribution is 5.70. The van der Waals surface area contributed by atoms with E-state index in [2.05, 4.69) is 19.1 Å². The Morgan fingerprint density at radius 2 is 1.38 bits per heavy atom. The Kier molecular flexibility index (Phi) is 16.5. The number of allylic oxidation sites excluding steroid dienone is 2. The van der Waals surface area contributed by atoms with Crippen LogP contribution >= 0.6 is 0 Å². The van der Waals surface area contributed by atoms with Gasteiger partial charge in [0.15, 0.2) is 0 Å². The molecule has 21 heavy (non-hydrogen) atoms. The van der Waals surface area contributed by atoms with E-state index < -0.39 is 12.6 Å². The normalized spacial score (nSPS) is 11.1. The molecular formula is C18H34O3. The number of rotatable bonds is 15. The summed E-state index contributed by atoms with van der Waals surface area (Å²) >= 11 is 0. The Morgan fingerprint density at radius 1 is 0.857 bits per heavy atom. The molecule has 124 valence electrons. The Hall–Kier alpha value is -0.830. The summed E-state index contributed by atoms with van der Waals surface area (Å²) in [5.41, 5.74) is 0. The minimum absolute atomic E-state index is 0.445. The predicted octanol–water partition coefficient (Wildman–Crippen LogP) is 4.78. The molecule has 0 aliphatic heterocycles. The van der Waals surface area contributed by atoms with E-state index in [1.165, 1.54) is 64.2 Å². The number of hydrogen-bond acceptors (Lipinski definition) is 3. The van der Waals surface area contributed by atoms with Crippen LogP contribution in [0.2, 0.25) is 0 Å². The molecule has 0 radical (unpaired) electrons. The predicted molar refractivity (Wildman–Crippen MR) is 88.3 cm³/mol. The van der Waals surface area contributed by atoms with Gasteiger partial charge in [-0.05, 0) is 32.1 Å². The molecule has 3 nitrogen and oxygen atoms in total. The van der Waals surface area contributed by atoms with Crippen molar-refractivity contribution in [1.82, 2.24) is 0 Å². The van der Waals surface area contributed by atoms with Crippen LogP contribution in [0.5, 0.6) is 0 Å². The summed E-state index contributed by atoms with van der Waals surface area (Å²) in [5.74, 6) is -0.517. The standard InChI is InChI=1S/C18H34O3/c1-2-3-4-5-6-7-8-9-10-11-12-13-14-15-16-21-18(20)17-19/h7-8,19H,2-6,9-17H2,1H3/b8-7-. The average Bonchev–Trinajstić information content (AvgIpc) is 2.50. The van der Waals surface area contributed by atoms with Crippen molar-refractivity contribution >= 4 is 5.97 Å². The number of ether oxygens (including phenoxy) is 1. The lowest BCUT2D eigenvalue weighted by molar-refractivity contribution is -0.147. The molecule has 0 aliphatic rings. The van der Waals surface area contributed by atoms with Crippen molar-refractivity contribution < 1.29 is 14.6 Å². The molecule has 1 N–H and O–H groups in total. The van der Waals surface area contributed by atoms with Crippen molar-refractivity contribution in [1.29, 1.82) is 0 Å². The topological polar surface area (TPSA) is 46.5 Å². The molecule has 0 saturated heterocycles. The number of carbonyl (C=O) groups excluding carboxylic acids is 1. The van der Waals surface area contributed by atoms with Crippen LogP contribution in [-0.4, -0.2) is 24.3 Å². The molecule has 0 aliphatic carbocycles. The Morgan fingerprint density at radius 3 is 1.95 bits per heavy atom. The van der Waals surface area contributed by atoms with Crippen LogP contribution < -0.4 is 0 Å². The third-order valence-electron chi connectivity index (χ3n) is 3.55. The van der Waals surface area contributed by atoms with Gasteiger partial charge in [0.1, 0.15) is 6.61 Å². The fourth-order valence-corrected chi connectivity index (χ4v) is 2.23. The lowest BCUT2D eigenvalue weighted by Gasteiger charge is -2.02. The first kappa shape index (κ1) is 20.2. The van der Waals surface area contributed by atoms with Gasteiger partial charge >= 0.3 is 5.97 Å². The lowest BCUT2D eigenvalue weighted by atomic mass is 10.1. The van der Waals surface area contributed by atoms with Gasteiger partial charge in [0.2, 0.25) is 0 Å². The van der Waals surface area contributed by atoms with E-state index in [1.807, 2.05) is 0 Å². The van der Waals surface area contributed by atoms with Gasteiger partial charge in [-0.1, -0.05) is 64.0 Å². The van der Waals surface area contributed by atoms with Crippen LogP contribution in [-0.2, 0) is 9.53 Å². The highest BCUT2D eigenvalue weighted by Crippen LogP contribution is 2.08. The van der Waals surface area contributed by atoms with Gasteiger partial charge < -0.3 is 9.84 Å². The van der Waals surface area contributed by atoms with Gasteiger partial charge in [-0.3, -0.25) is 0 Å². The smallest absolute Gasteiger partial charge is 0.331 e. The number of aliphatic hydroxyl groups excluding tert-OH is 1. The van der Waals surface area contributed by atoms with Crippen molar-refractivity contribution in [2.75, 3.05) is 13.2 Å². The molecule has 0 saturated carbocycles. The summed E-state index contributed by atoms with van der Waals surface area (Å²) in [6.45, 7) is 2.18. The van der Waals surface area contributed by atoms with Gasteiger partial charge in [-0.2, -0.15) is 0 Å². The zero-order valence-electron chi connectivity index (χ0n) is 13.8. The molecule has 0 atom stereocenters. The molecule has 0 heterocycles. The van der Waals surface area contributed by atoms with Crippen LogP contribution in [0.4, 0.5) is 0 Å². The fourth-order valence-electron chi connectivity index (χ4n) is 2.23. The van der Waals surface area contributed by atoms with Crippen molar-refractivity contribution in [3.05, 3.63) is 12.2 Å². The lowest BCUT2D eigenvalue weighted by Crippen LogP contribution is -2.09. The van der Waals surface area contributed by atoms with Gasteiger partial charge in [-0.25, -0.2) is 4.79 Å². The molecular weight excluding hydrogens is 264 g/mol. The number of esters is 1. The minimum atomic E-state index is -0.517. The first-order chi connectivity index (χ1) is 10.3. The van der Waals surface area contributed by atoms with Crippen LogP contribution in [0.1, 0.15) is 84.0 Å². The third kappa shape index (κ3) is 17.1. The van der Waals surface area contributed by atoms with Crippen molar-refractivity contribution in [3.63, 3.8) is 0 Å². The van der Waals surface area contributed by atoms with Crippen LogP contribution in [0.3, 0.4) is 0 Å². The Balaban J connectivity index is 3.08. The highest BCUT2D eigenvalue weighted by atomic mass is 16.5. The summed E-state index contributed by atoms with van der Waals surface area (Å²) in [5, 5.41) is 8.47.